The summed E-state index contributed by atoms with van der Waals surface area (Å²) in [6.07, 6.45) is 0. The highest BCUT2D eigenvalue weighted by Gasteiger charge is 2.13. The molecule has 2 rings (SSSR count). The molecule has 58 valence electrons. The highest BCUT2D eigenvalue weighted by atomic mass is 35.5. The maximum atomic E-state index is 5.81. The van der Waals surface area contributed by atoms with E-state index in [2.05, 4.69) is 5.43 Å². The third-order valence-corrected chi connectivity index (χ3v) is 2.03. The second-order valence-electron chi connectivity index (χ2n) is 2.77. The van der Waals surface area contributed by atoms with Crippen molar-refractivity contribution in [1.29, 1.82) is 0 Å². The third kappa shape index (κ3) is 1.19. The van der Waals surface area contributed by atoms with Gasteiger partial charge in [-0.1, -0.05) is 17.7 Å². The van der Waals surface area contributed by atoms with E-state index in [4.69, 9.17) is 11.6 Å². The number of halogens is 1. The van der Waals surface area contributed by atoms with Gasteiger partial charge in [0, 0.05) is 18.6 Å². The van der Waals surface area contributed by atoms with Gasteiger partial charge in [0.25, 0.3) is 0 Å². The molecule has 1 aromatic carbocycles. The van der Waals surface area contributed by atoms with E-state index >= 15 is 0 Å². The van der Waals surface area contributed by atoms with Crippen LogP contribution in [-0.2, 0) is 6.54 Å². The lowest BCUT2D eigenvalue weighted by Gasteiger charge is -2.06. The summed E-state index contributed by atoms with van der Waals surface area (Å²) in [5, 5.41) is 2.81. The fourth-order valence-corrected chi connectivity index (χ4v) is 1.46. The van der Waals surface area contributed by atoms with Crippen molar-refractivity contribution in [1.82, 2.24) is 5.01 Å². The minimum Gasteiger partial charge on any atom is -0.318 e. The smallest absolute Gasteiger partial charge is 0.0550 e. The number of hydrogen-bond donors (Lipinski definition) is 1. The van der Waals surface area contributed by atoms with E-state index in [0.29, 0.717) is 0 Å². The van der Waals surface area contributed by atoms with Crippen LogP contribution >= 0.6 is 11.6 Å². The van der Waals surface area contributed by atoms with Gasteiger partial charge in [-0.25, -0.2) is 5.01 Å². The number of hydrogen-bond acceptors (Lipinski definition) is 2. The van der Waals surface area contributed by atoms with Crippen LogP contribution in [0.5, 0.6) is 0 Å². The SMILES string of the molecule is CN1Cc2ccc(Cl)cc2N1. The van der Waals surface area contributed by atoms with Crippen molar-refractivity contribution in [2.24, 2.45) is 0 Å². The van der Waals surface area contributed by atoms with E-state index in [-0.39, 0.29) is 0 Å². The molecule has 1 heterocycles. The molecule has 0 amide bonds. The van der Waals surface area contributed by atoms with Crippen LogP contribution in [0, 0.1) is 0 Å². The van der Waals surface area contributed by atoms with Crippen LogP contribution in [0.1, 0.15) is 5.56 Å². The van der Waals surface area contributed by atoms with Gasteiger partial charge in [-0.05, 0) is 17.7 Å². The summed E-state index contributed by atoms with van der Waals surface area (Å²) in [6, 6.07) is 5.91. The Labute approximate surface area is 70.7 Å². The summed E-state index contributed by atoms with van der Waals surface area (Å²) in [7, 11) is 2.01. The molecule has 0 radical (unpaired) electrons. The van der Waals surface area contributed by atoms with Crippen molar-refractivity contribution < 1.29 is 0 Å². The first-order valence-corrected chi connectivity index (χ1v) is 3.90. The lowest BCUT2D eigenvalue weighted by atomic mass is 10.2. The number of fused-ring (bicyclic) bond motifs is 1. The van der Waals surface area contributed by atoms with Gasteiger partial charge in [-0.2, -0.15) is 0 Å². The van der Waals surface area contributed by atoms with Gasteiger partial charge in [0.1, 0.15) is 0 Å². The molecule has 1 aliphatic rings. The molecule has 11 heavy (non-hydrogen) atoms. The fraction of sp³-hybridized carbons (Fsp3) is 0.250. The second-order valence-corrected chi connectivity index (χ2v) is 3.21. The van der Waals surface area contributed by atoms with Crippen molar-refractivity contribution in [2.75, 3.05) is 12.5 Å². The van der Waals surface area contributed by atoms with Gasteiger partial charge in [0.2, 0.25) is 0 Å². The summed E-state index contributed by atoms with van der Waals surface area (Å²) in [5.74, 6) is 0. The van der Waals surface area contributed by atoms with Crippen LogP contribution in [0.25, 0.3) is 0 Å². The number of hydrazine groups is 1. The highest BCUT2D eigenvalue weighted by Crippen LogP contribution is 2.26. The molecule has 2 nitrogen and oxygen atoms in total. The minimum absolute atomic E-state index is 0.784. The van der Waals surface area contributed by atoms with E-state index in [1.165, 1.54) is 5.56 Å². The monoisotopic (exact) mass is 168 g/mol. The maximum absolute atomic E-state index is 5.81. The molecule has 0 bridgehead atoms. The molecule has 1 N–H and O–H groups in total. The summed E-state index contributed by atoms with van der Waals surface area (Å²) < 4.78 is 0. The molecule has 0 spiro atoms. The summed E-state index contributed by atoms with van der Waals surface area (Å²) in [6.45, 7) is 0.951. The Hall–Kier alpha value is -0.730. The topological polar surface area (TPSA) is 15.3 Å². The van der Waals surface area contributed by atoms with Gasteiger partial charge in [-0.3, -0.25) is 0 Å². The van der Waals surface area contributed by atoms with Crippen molar-refractivity contribution in [3.63, 3.8) is 0 Å². The van der Waals surface area contributed by atoms with Crippen LogP contribution in [0.2, 0.25) is 5.02 Å². The van der Waals surface area contributed by atoms with Crippen LogP contribution in [0.3, 0.4) is 0 Å². The van der Waals surface area contributed by atoms with Crippen LogP contribution in [0.4, 0.5) is 5.69 Å². The van der Waals surface area contributed by atoms with Gasteiger partial charge >= 0.3 is 0 Å². The van der Waals surface area contributed by atoms with Crippen LogP contribution in [0.15, 0.2) is 18.2 Å². The number of nitrogens with zero attached hydrogens (tertiary/aromatic N) is 1. The maximum Gasteiger partial charge on any atom is 0.0550 e. The van der Waals surface area contributed by atoms with E-state index in [1.807, 2.05) is 30.3 Å². The molecule has 1 aliphatic heterocycles. The fourth-order valence-electron chi connectivity index (χ4n) is 1.29. The molecule has 0 aromatic heterocycles. The quantitative estimate of drug-likeness (QED) is 0.639. The Kier molecular flexibility index (Phi) is 1.51. The van der Waals surface area contributed by atoms with Crippen molar-refractivity contribution in [3.8, 4) is 0 Å². The van der Waals surface area contributed by atoms with Gasteiger partial charge < -0.3 is 5.43 Å². The molecule has 0 saturated carbocycles. The number of anilines is 1. The number of benzene rings is 1. The second kappa shape index (κ2) is 2.40. The van der Waals surface area contributed by atoms with Gasteiger partial charge in [-0.15, -0.1) is 0 Å². The van der Waals surface area contributed by atoms with Crippen molar-refractivity contribution in [3.05, 3.63) is 28.8 Å². The highest BCUT2D eigenvalue weighted by molar-refractivity contribution is 6.30. The molecule has 0 atom stereocenters. The lowest BCUT2D eigenvalue weighted by molar-refractivity contribution is 0.422. The minimum atomic E-state index is 0.784. The standard InChI is InChI=1S/C8H9ClN2/c1-11-5-6-2-3-7(9)4-8(6)10-11/h2-4,10H,5H2,1H3. The Morgan fingerprint density at radius 1 is 1.55 bits per heavy atom. The zero-order chi connectivity index (χ0) is 7.84. The zero-order valence-corrected chi connectivity index (χ0v) is 7.02. The molecular formula is C8H9ClN2. The molecule has 1 aromatic rings. The Balaban J connectivity index is 2.43. The Morgan fingerprint density at radius 2 is 2.36 bits per heavy atom. The normalized spacial score (nSPS) is 16.2. The Bertz CT molecular complexity index is 285. The van der Waals surface area contributed by atoms with E-state index in [9.17, 15) is 0 Å². The van der Waals surface area contributed by atoms with E-state index in [0.717, 1.165) is 17.3 Å². The molecule has 0 unspecified atom stereocenters. The summed E-state index contributed by atoms with van der Waals surface area (Å²) in [5.41, 5.74) is 5.61. The first kappa shape index (κ1) is 6.95. The summed E-state index contributed by atoms with van der Waals surface area (Å²) in [4.78, 5) is 0. The van der Waals surface area contributed by atoms with Crippen LogP contribution < -0.4 is 5.43 Å². The Morgan fingerprint density at radius 3 is 3.18 bits per heavy atom. The molecule has 3 heteroatoms. The predicted octanol–water partition coefficient (Wildman–Crippen LogP) is 2.11. The van der Waals surface area contributed by atoms with Crippen molar-refractivity contribution >= 4 is 17.3 Å². The average molecular weight is 169 g/mol. The molecule has 0 aliphatic carbocycles. The first-order chi connectivity index (χ1) is 5.25. The first-order valence-electron chi connectivity index (χ1n) is 3.52. The third-order valence-electron chi connectivity index (χ3n) is 1.79. The molecule has 0 fully saturated rings. The molecule has 0 saturated heterocycles. The lowest BCUT2D eigenvalue weighted by Crippen LogP contribution is -2.16. The average Bonchev–Trinajstić information content (AvgIpc) is 2.27. The largest absolute Gasteiger partial charge is 0.318 e. The van der Waals surface area contributed by atoms with Gasteiger partial charge in [0.15, 0.2) is 0 Å². The predicted molar refractivity (Wildman–Crippen MR) is 46.5 cm³/mol. The summed E-state index contributed by atoms with van der Waals surface area (Å²) >= 11 is 5.81. The van der Waals surface area contributed by atoms with Gasteiger partial charge in [0.05, 0.1) is 5.69 Å². The van der Waals surface area contributed by atoms with Crippen LogP contribution in [-0.4, -0.2) is 12.1 Å². The zero-order valence-electron chi connectivity index (χ0n) is 6.26. The van der Waals surface area contributed by atoms with Crippen molar-refractivity contribution in [2.45, 2.75) is 6.54 Å². The van der Waals surface area contributed by atoms with E-state index in [1.54, 1.807) is 0 Å². The number of nitrogens with one attached hydrogen (secondary N) is 1. The molecular weight excluding hydrogens is 160 g/mol. The number of rotatable bonds is 0. The van der Waals surface area contributed by atoms with E-state index < -0.39 is 0 Å².